The van der Waals surface area contributed by atoms with Gasteiger partial charge in [0.15, 0.2) is 0 Å². The fraction of sp³-hybridized carbons (Fsp3) is 0.429. The SMILES string of the molecule is CC(C)CCN(CCc1ccccc1)CCc1cccc(O)c1.Cl. The minimum absolute atomic E-state index is 0. The molecule has 0 aromatic heterocycles. The third-order valence-corrected chi connectivity index (χ3v) is 4.21. The zero-order valence-corrected chi connectivity index (χ0v) is 15.6. The van der Waals surface area contributed by atoms with Crippen molar-refractivity contribution in [2.24, 2.45) is 5.92 Å². The van der Waals surface area contributed by atoms with Crippen molar-refractivity contribution in [3.05, 3.63) is 65.7 Å². The van der Waals surface area contributed by atoms with E-state index in [4.69, 9.17) is 0 Å². The number of hydrogen-bond donors (Lipinski definition) is 1. The van der Waals surface area contributed by atoms with E-state index in [1.165, 1.54) is 17.5 Å². The van der Waals surface area contributed by atoms with Crippen molar-refractivity contribution in [3.63, 3.8) is 0 Å². The van der Waals surface area contributed by atoms with E-state index in [0.29, 0.717) is 5.75 Å². The molecular weight excluding hydrogens is 318 g/mol. The Kier molecular flexibility index (Phi) is 9.51. The Bertz CT molecular complexity index is 571. The van der Waals surface area contributed by atoms with E-state index in [9.17, 15) is 5.11 Å². The third-order valence-electron chi connectivity index (χ3n) is 4.21. The number of nitrogens with zero attached hydrogens (tertiary/aromatic N) is 1. The summed E-state index contributed by atoms with van der Waals surface area (Å²) in [5.41, 5.74) is 2.61. The number of phenols is 1. The monoisotopic (exact) mass is 347 g/mol. The molecule has 0 amide bonds. The first-order valence-corrected chi connectivity index (χ1v) is 8.67. The Morgan fingerprint density at radius 1 is 0.833 bits per heavy atom. The van der Waals surface area contributed by atoms with Crippen molar-refractivity contribution in [2.75, 3.05) is 19.6 Å². The van der Waals surface area contributed by atoms with E-state index in [-0.39, 0.29) is 12.4 Å². The van der Waals surface area contributed by atoms with Crippen LogP contribution in [0.3, 0.4) is 0 Å². The van der Waals surface area contributed by atoms with E-state index in [0.717, 1.165) is 38.4 Å². The van der Waals surface area contributed by atoms with Crippen molar-refractivity contribution in [3.8, 4) is 5.75 Å². The van der Waals surface area contributed by atoms with Gasteiger partial charge in [0.1, 0.15) is 5.75 Å². The first kappa shape index (κ1) is 20.5. The van der Waals surface area contributed by atoms with Gasteiger partial charge in [0.05, 0.1) is 0 Å². The molecule has 0 saturated carbocycles. The van der Waals surface area contributed by atoms with E-state index >= 15 is 0 Å². The van der Waals surface area contributed by atoms with Crippen molar-refractivity contribution >= 4 is 12.4 Å². The molecule has 3 heteroatoms. The summed E-state index contributed by atoms with van der Waals surface area (Å²) in [7, 11) is 0. The Labute approximate surface area is 152 Å². The van der Waals surface area contributed by atoms with Crippen LogP contribution in [0.25, 0.3) is 0 Å². The van der Waals surface area contributed by atoms with Gasteiger partial charge in [-0.3, -0.25) is 0 Å². The summed E-state index contributed by atoms with van der Waals surface area (Å²) in [5.74, 6) is 1.09. The van der Waals surface area contributed by atoms with Gasteiger partial charge < -0.3 is 10.0 Å². The van der Waals surface area contributed by atoms with Crippen LogP contribution in [-0.4, -0.2) is 29.6 Å². The molecular formula is C21H30ClNO. The highest BCUT2D eigenvalue weighted by Gasteiger charge is 2.07. The minimum atomic E-state index is 0. The molecule has 2 aromatic carbocycles. The quantitative estimate of drug-likeness (QED) is 0.694. The summed E-state index contributed by atoms with van der Waals surface area (Å²) in [5, 5.41) is 9.59. The van der Waals surface area contributed by atoms with Crippen molar-refractivity contribution in [2.45, 2.75) is 33.1 Å². The van der Waals surface area contributed by atoms with Crippen LogP contribution in [0, 0.1) is 5.92 Å². The van der Waals surface area contributed by atoms with Gasteiger partial charge in [0.25, 0.3) is 0 Å². The van der Waals surface area contributed by atoms with Gasteiger partial charge in [0, 0.05) is 13.1 Å². The molecule has 0 aliphatic rings. The molecule has 0 aliphatic heterocycles. The van der Waals surface area contributed by atoms with E-state index in [1.807, 2.05) is 12.1 Å². The standard InChI is InChI=1S/C21H29NO.ClH/c1-18(2)11-14-22(15-12-19-7-4-3-5-8-19)16-13-20-9-6-10-21(23)17-20;/h3-10,17-18,23H,11-16H2,1-2H3;1H. The lowest BCUT2D eigenvalue weighted by Gasteiger charge is -2.23. The second kappa shape index (κ2) is 11.1. The van der Waals surface area contributed by atoms with Gasteiger partial charge in [-0.2, -0.15) is 0 Å². The number of hydrogen-bond acceptors (Lipinski definition) is 2. The number of phenolic OH excluding ortho intramolecular Hbond substituents is 1. The number of benzene rings is 2. The van der Waals surface area contributed by atoms with Gasteiger partial charge in [-0.05, 0) is 55.0 Å². The molecule has 0 bridgehead atoms. The Hall–Kier alpha value is -1.51. The lowest BCUT2D eigenvalue weighted by Crippen LogP contribution is -2.30. The van der Waals surface area contributed by atoms with E-state index in [1.54, 1.807) is 6.07 Å². The fourth-order valence-corrected chi connectivity index (χ4v) is 2.71. The van der Waals surface area contributed by atoms with E-state index < -0.39 is 0 Å². The maximum absolute atomic E-state index is 9.59. The largest absolute Gasteiger partial charge is 0.508 e. The normalized spacial score (nSPS) is 10.8. The highest BCUT2D eigenvalue weighted by atomic mass is 35.5. The lowest BCUT2D eigenvalue weighted by atomic mass is 10.1. The van der Waals surface area contributed by atoms with Crippen molar-refractivity contribution in [1.82, 2.24) is 4.90 Å². The molecule has 0 radical (unpaired) electrons. The summed E-state index contributed by atoms with van der Waals surface area (Å²) in [6, 6.07) is 18.3. The first-order valence-electron chi connectivity index (χ1n) is 8.67. The summed E-state index contributed by atoms with van der Waals surface area (Å²) in [6.07, 6.45) is 3.31. The third kappa shape index (κ3) is 7.85. The zero-order valence-electron chi connectivity index (χ0n) is 14.8. The van der Waals surface area contributed by atoms with Gasteiger partial charge in [0.2, 0.25) is 0 Å². The van der Waals surface area contributed by atoms with Gasteiger partial charge in [-0.25, -0.2) is 0 Å². The molecule has 1 N–H and O–H groups in total. The number of halogens is 1. The first-order chi connectivity index (χ1) is 11.1. The fourth-order valence-electron chi connectivity index (χ4n) is 2.71. The van der Waals surface area contributed by atoms with Crippen LogP contribution in [-0.2, 0) is 12.8 Å². The average molecular weight is 348 g/mol. The summed E-state index contributed by atoms with van der Waals surface area (Å²) < 4.78 is 0. The second-order valence-electron chi connectivity index (χ2n) is 6.68. The minimum Gasteiger partial charge on any atom is -0.508 e. The van der Waals surface area contributed by atoms with Crippen LogP contribution in [0.5, 0.6) is 5.75 Å². The summed E-state index contributed by atoms with van der Waals surface area (Å²) in [4.78, 5) is 2.55. The predicted molar refractivity (Wildman–Crippen MR) is 105 cm³/mol. The summed E-state index contributed by atoms with van der Waals surface area (Å²) in [6.45, 7) is 7.84. The maximum Gasteiger partial charge on any atom is 0.115 e. The van der Waals surface area contributed by atoms with Gasteiger partial charge in [-0.1, -0.05) is 56.3 Å². The predicted octanol–water partition coefficient (Wildman–Crippen LogP) is 4.95. The van der Waals surface area contributed by atoms with Gasteiger partial charge >= 0.3 is 0 Å². The molecule has 0 atom stereocenters. The molecule has 24 heavy (non-hydrogen) atoms. The zero-order chi connectivity index (χ0) is 16.5. The highest BCUT2D eigenvalue weighted by molar-refractivity contribution is 5.85. The molecule has 0 unspecified atom stereocenters. The second-order valence-corrected chi connectivity index (χ2v) is 6.68. The van der Waals surface area contributed by atoms with Gasteiger partial charge in [-0.15, -0.1) is 12.4 Å². The molecule has 0 saturated heterocycles. The maximum atomic E-state index is 9.59. The molecule has 2 aromatic rings. The molecule has 132 valence electrons. The van der Waals surface area contributed by atoms with Crippen molar-refractivity contribution in [1.29, 1.82) is 0 Å². The Morgan fingerprint density at radius 2 is 1.46 bits per heavy atom. The van der Waals surface area contributed by atoms with Crippen LogP contribution in [0.4, 0.5) is 0 Å². The summed E-state index contributed by atoms with van der Waals surface area (Å²) >= 11 is 0. The molecule has 0 fully saturated rings. The van der Waals surface area contributed by atoms with Crippen molar-refractivity contribution < 1.29 is 5.11 Å². The topological polar surface area (TPSA) is 23.5 Å². The van der Waals surface area contributed by atoms with E-state index in [2.05, 4.69) is 55.1 Å². The van der Waals surface area contributed by atoms with Crippen LogP contribution in [0.1, 0.15) is 31.4 Å². The average Bonchev–Trinajstić information content (AvgIpc) is 2.55. The van der Waals surface area contributed by atoms with Crippen LogP contribution >= 0.6 is 12.4 Å². The Morgan fingerprint density at radius 3 is 2.08 bits per heavy atom. The lowest BCUT2D eigenvalue weighted by molar-refractivity contribution is 0.263. The Balaban J connectivity index is 0.00000288. The van der Waals surface area contributed by atoms with Crippen LogP contribution < -0.4 is 0 Å². The number of rotatable bonds is 9. The molecule has 0 heterocycles. The molecule has 2 nitrogen and oxygen atoms in total. The number of aromatic hydroxyl groups is 1. The molecule has 0 aliphatic carbocycles. The molecule has 2 rings (SSSR count). The van der Waals surface area contributed by atoms with Crippen LogP contribution in [0.2, 0.25) is 0 Å². The highest BCUT2D eigenvalue weighted by Crippen LogP contribution is 2.13. The molecule has 0 spiro atoms. The van der Waals surface area contributed by atoms with Crippen LogP contribution in [0.15, 0.2) is 54.6 Å². The smallest absolute Gasteiger partial charge is 0.115 e.